The molecule has 7 heteroatoms. The molecule has 0 bridgehead atoms. The first-order valence-electron chi connectivity index (χ1n) is 5.53. The number of hydrogen-bond donors (Lipinski definition) is 0. The Kier molecular flexibility index (Phi) is 5.03. The van der Waals surface area contributed by atoms with Gasteiger partial charge in [-0.15, -0.1) is 0 Å². The summed E-state index contributed by atoms with van der Waals surface area (Å²) < 4.78 is 47.0. The Morgan fingerprint density at radius 2 is 1.94 bits per heavy atom. The standard InChI is InChI=1S/C11H15NO4S2/c1-3-4-5-10-7-6-9(2)11(8-10)18(15,16)12-17(13)14/h6-8H,3-5H2,1-2H3. The molecule has 18 heavy (non-hydrogen) atoms. The lowest BCUT2D eigenvalue weighted by Crippen LogP contribution is -2.01. The Hall–Kier alpha value is -1.21. The van der Waals surface area contributed by atoms with E-state index in [1.807, 2.05) is 13.0 Å². The van der Waals surface area contributed by atoms with Crippen LogP contribution in [0.5, 0.6) is 0 Å². The normalized spacial score (nSPS) is 11.2. The summed E-state index contributed by atoms with van der Waals surface area (Å²) in [6.45, 7) is 3.65. The second kappa shape index (κ2) is 6.10. The SMILES string of the molecule is CCCCc1ccc(C)c(S(=O)(=O)N=S(=O)=O)c1. The summed E-state index contributed by atoms with van der Waals surface area (Å²) in [5.41, 5.74) is 1.36. The maximum Gasteiger partial charge on any atom is 0.327 e. The molecule has 1 rings (SSSR count). The Morgan fingerprint density at radius 1 is 1.28 bits per heavy atom. The van der Waals surface area contributed by atoms with Crippen LogP contribution in [0.2, 0.25) is 0 Å². The van der Waals surface area contributed by atoms with Crippen molar-refractivity contribution in [3.63, 3.8) is 0 Å². The first kappa shape index (κ1) is 14.8. The van der Waals surface area contributed by atoms with E-state index in [1.165, 1.54) is 6.07 Å². The highest BCUT2D eigenvalue weighted by Gasteiger charge is 2.17. The lowest BCUT2D eigenvalue weighted by atomic mass is 10.1. The maximum atomic E-state index is 11.7. The summed E-state index contributed by atoms with van der Waals surface area (Å²) in [6.07, 6.45) is 2.72. The predicted molar refractivity (Wildman–Crippen MR) is 68.3 cm³/mol. The highest BCUT2D eigenvalue weighted by molar-refractivity contribution is 7.94. The fraction of sp³-hybridized carbons (Fsp3) is 0.455. The minimum absolute atomic E-state index is 0.0414. The molecule has 0 heterocycles. The second-order valence-corrected chi connectivity index (χ2v) is 6.39. The molecule has 1 aromatic carbocycles. The van der Waals surface area contributed by atoms with E-state index in [4.69, 9.17) is 0 Å². The van der Waals surface area contributed by atoms with Crippen molar-refractivity contribution >= 4 is 20.5 Å². The van der Waals surface area contributed by atoms with Gasteiger partial charge in [0.2, 0.25) is 0 Å². The first-order valence-corrected chi connectivity index (χ1v) is 8.01. The minimum atomic E-state index is -4.13. The number of unbranched alkanes of at least 4 members (excludes halogenated alkanes) is 1. The summed E-state index contributed by atoms with van der Waals surface area (Å²) in [5.74, 6) is 0. The van der Waals surface area contributed by atoms with Gasteiger partial charge in [0.1, 0.15) is 0 Å². The van der Waals surface area contributed by atoms with Gasteiger partial charge in [-0.3, -0.25) is 0 Å². The van der Waals surface area contributed by atoms with Crippen LogP contribution >= 0.6 is 0 Å². The third-order valence-electron chi connectivity index (χ3n) is 2.51. The molecular weight excluding hydrogens is 274 g/mol. The van der Waals surface area contributed by atoms with Crippen LogP contribution in [0.4, 0.5) is 0 Å². The number of benzene rings is 1. The smallest absolute Gasteiger partial charge is 0.198 e. The van der Waals surface area contributed by atoms with E-state index in [-0.39, 0.29) is 4.90 Å². The van der Waals surface area contributed by atoms with E-state index in [1.54, 1.807) is 13.0 Å². The van der Waals surface area contributed by atoms with E-state index in [0.29, 0.717) is 5.56 Å². The molecule has 0 saturated carbocycles. The van der Waals surface area contributed by atoms with Crippen LogP contribution in [0.15, 0.2) is 26.9 Å². The van der Waals surface area contributed by atoms with Crippen molar-refractivity contribution in [3.8, 4) is 0 Å². The van der Waals surface area contributed by atoms with Crippen molar-refractivity contribution in [3.05, 3.63) is 29.3 Å². The average molecular weight is 289 g/mol. The lowest BCUT2D eigenvalue weighted by Gasteiger charge is -2.05. The van der Waals surface area contributed by atoms with Crippen LogP contribution in [-0.4, -0.2) is 16.8 Å². The molecule has 0 N–H and O–H groups in total. The Morgan fingerprint density at radius 3 is 2.50 bits per heavy atom. The zero-order chi connectivity index (χ0) is 13.8. The highest BCUT2D eigenvalue weighted by Crippen LogP contribution is 2.20. The summed E-state index contributed by atoms with van der Waals surface area (Å²) in [6, 6.07) is 5.01. The zero-order valence-electron chi connectivity index (χ0n) is 10.3. The Balaban J connectivity index is 3.28. The van der Waals surface area contributed by atoms with Crippen molar-refractivity contribution in [1.29, 1.82) is 0 Å². The van der Waals surface area contributed by atoms with Gasteiger partial charge in [-0.2, -0.15) is 16.8 Å². The van der Waals surface area contributed by atoms with E-state index >= 15 is 0 Å². The molecular formula is C11H15NO4S2. The molecule has 0 spiro atoms. The topological polar surface area (TPSA) is 80.6 Å². The van der Waals surface area contributed by atoms with E-state index in [2.05, 4.69) is 3.77 Å². The highest BCUT2D eigenvalue weighted by atomic mass is 32.2. The number of rotatable bonds is 5. The van der Waals surface area contributed by atoms with Gasteiger partial charge in [0.25, 0.3) is 10.0 Å². The summed E-state index contributed by atoms with van der Waals surface area (Å²) in [4.78, 5) is -0.0414. The number of aryl methyl sites for hydroxylation is 2. The van der Waals surface area contributed by atoms with Crippen LogP contribution in [0.1, 0.15) is 30.9 Å². The Bertz CT molecular complexity index is 652. The van der Waals surface area contributed by atoms with Crippen LogP contribution in [0, 0.1) is 6.92 Å². The first-order chi connectivity index (χ1) is 8.36. The minimum Gasteiger partial charge on any atom is -0.198 e. The van der Waals surface area contributed by atoms with E-state index in [0.717, 1.165) is 24.8 Å². The van der Waals surface area contributed by atoms with Crippen molar-refractivity contribution in [2.24, 2.45) is 3.77 Å². The van der Waals surface area contributed by atoms with Gasteiger partial charge in [0.15, 0.2) is 0 Å². The molecule has 100 valence electrons. The van der Waals surface area contributed by atoms with Gasteiger partial charge in [-0.05, 0) is 40.7 Å². The maximum absolute atomic E-state index is 11.7. The zero-order valence-corrected chi connectivity index (χ0v) is 11.9. The predicted octanol–water partition coefficient (Wildman–Crippen LogP) is 2.09. The van der Waals surface area contributed by atoms with Crippen molar-refractivity contribution < 1.29 is 16.8 Å². The van der Waals surface area contributed by atoms with Gasteiger partial charge in [-0.25, -0.2) is 0 Å². The third kappa shape index (κ3) is 3.92. The molecule has 0 aliphatic heterocycles. The van der Waals surface area contributed by atoms with Gasteiger partial charge >= 0.3 is 10.5 Å². The number of sulfonamides is 1. The van der Waals surface area contributed by atoms with Crippen molar-refractivity contribution in [1.82, 2.24) is 0 Å². The van der Waals surface area contributed by atoms with Gasteiger partial charge in [-0.1, -0.05) is 25.5 Å². The van der Waals surface area contributed by atoms with Gasteiger partial charge in [0.05, 0.1) is 4.90 Å². The van der Waals surface area contributed by atoms with E-state index < -0.39 is 20.5 Å². The fourth-order valence-corrected chi connectivity index (χ4v) is 3.32. The van der Waals surface area contributed by atoms with Crippen LogP contribution in [0.25, 0.3) is 0 Å². The quantitative estimate of drug-likeness (QED) is 0.831. The monoisotopic (exact) mass is 289 g/mol. The lowest BCUT2D eigenvalue weighted by molar-refractivity contribution is 0.595. The van der Waals surface area contributed by atoms with Crippen LogP contribution in [-0.2, 0) is 26.9 Å². The fourth-order valence-electron chi connectivity index (χ4n) is 1.58. The molecule has 0 aliphatic rings. The van der Waals surface area contributed by atoms with Gasteiger partial charge < -0.3 is 0 Å². The summed E-state index contributed by atoms with van der Waals surface area (Å²) in [7, 11) is -7.09. The van der Waals surface area contributed by atoms with E-state index in [9.17, 15) is 16.8 Å². The molecule has 0 unspecified atom stereocenters. The molecule has 0 atom stereocenters. The number of hydrogen-bond acceptors (Lipinski definition) is 4. The average Bonchev–Trinajstić information content (AvgIpc) is 2.26. The molecule has 0 saturated heterocycles. The summed E-state index contributed by atoms with van der Waals surface area (Å²) in [5, 5.41) is 0. The molecule has 0 aliphatic carbocycles. The van der Waals surface area contributed by atoms with Crippen LogP contribution in [0.3, 0.4) is 0 Å². The molecule has 0 amide bonds. The molecule has 1 aromatic rings. The van der Waals surface area contributed by atoms with Crippen molar-refractivity contribution in [2.75, 3.05) is 0 Å². The second-order valence-electron chi connectivity index (χ2n) is 3.97. The Labute approximate surface area is 109 Å². The number of nitrogens with zero attached hydrogens (tertiary/aromatic N) is 1. The summed E-state index contributed by atoms with van der Waals surface area (Å²) >= 11 is 0. The molecule has 0 aromatic heterocycles. The van der Waals surface area contributed by atoms with Gasteiger partial charge in [0, 0.05) is 0 Å². The third-order valence-corrected chi connectivity index (χ3v) is 4.78. The molecule has 0 radical (unpaired) electrons. The molecule has 0 fully saturated rings. The van der Waals surface area contributed by atoms with Crippen LogP contribution < -0.4 is 0 Å². The molecule has 5 nitrogen and oxygen atoms in total. The van der Waals surface area contributed by atoms with Crippen molar-refractivity contribution in [2.45, 2.75) is 38.0 Å². The largest absolute Gasteiger partial charge is 0.327 e.